The van der Waals surface area contributed by atoms with E-state index in [0.717, 1.165) is 44.5 Å². The topological polar surface area (TPSA) is 109 Å². The minimum atomic E-state index is -0.889. The van der Waals surface area contributed by atoms with Crippen LogP contribution < -0.4 is 15.5 Å². The molecule has 2 aliphatic rings. The molecule has 2 aromatic carbocycles. The number of nitrogens with two attached hydrogens (primary N) is 1. The molecule has 36 heavy (non-hydrogen) atoms. The number of allylic oxidation sites excluding steroid dienone is 1. The average molecular weight is 487 g/mol. The fourth-order valence-electron chi connectivity index (χ4n) is 5.00. The van der Waals surface area contributed by atoms with E-state index in [2.05, 4.69) is 11.0 Å². The van der Waals surface area contributed by atoms with Gasteiger partial charge in [0, 0.05) is 13.1 Å². The minimum absolute atomic E-state index is 0.00645. The van der Waals surface area contributed by atoms with Gasteiger partial charge >= 0.3 is 11.9 Å². The van der Waals surface area contributed by atoms with Crippen LogP contribution in [0.3, 0.4) is 0 Å². The van der Waals surface area contributed by atoms with Crippen LogP contribution in [-0.2, 0) is 19.1 Å². The number of ether oxygens (including phenoxy) is 2. The van der Waals surface area contributed by atoms with Crippen molar-refractivity contribution in [3.8, 4) is 6.07 Å². The molecular weight excluding hydrogens is 456 g/mol. The maximum absolute atomic E-state index is 13.3. The summed E-state index contributed by atoms with van der Waals surface area (Å²) in [5.74, 6) is -2.30. The van der Waals surface area contributed by atoms with Crippen LogP contribution in [0.15, 0.2) is 77.3 Å². The quantitative estimate of drug-likeness (QED) is 0.633. The molecule has 186 valence electrons. The second-order valence-corrected chi connectivity index (χ2v) is 8.73. The Hall–Kier alpha value is -4.25. The van der Waals surface area contributed by atoms with Crippen molar-refractivity contribution in [3.05, 3.63) is 82.8 Å². The summed E-state index contributed by atoms with van der Waals surface area (Å²) in [5.41, 5.74) is 8.88. The number of anilines is 2. The maximum Gasteiger partial charge on any atom is 0.355 e. The number of benzene rings is 2. The van der Waals surface area contributed by atoms with Gasteiger partial charge < -0.3 is 20.1 Å². The molecule has 0 radical (unpaired) electrons. The lowest BCUT2D eigenvalue weighted by atomic mass is 9.81. The molecular formula is C28H30N4O4. The fourth-order valence-corrected chi connectivity index (χ4v) is 5.00. The Morgan fingerprint density at radius 2 is 1.47 bits per heavy atom. The molecule has 2 aliphatic heterocycles. The number of esters is 2. The molecule has 0 bridgehead atoms. The van der Waals surface area contributed by atoms with Gasteiger partial charge in [0.2, 0.25) is 0 Å². The van der Waals surface area contributed by atoms with E-state index in [1.807, 2.05) is 30.3 Å². The van der Waals surface area contributed by atoms with E-state index in [4.69, 9.17) is 15.2 Å². The van der Waals surface area contributed by atoms with E-state index in [-0.39, 0.29) is 22.7 Å². The van der Waals surface area contributed by atoms with E-state index in [1.165, 1.54) is 19.1 Å². The van der Waals surface area contributed by atoms with Crippen LogP contribution in [0.2, 0.25) is 0 Å². The lowest BCUT2D eigenvalue weighted by Crippen LogP contribution is -2.41. The second-order valence-electron chi connectivity index (χ2n) is 8.73. The predicted molar refractivity (Wildman–Crippen MR) is 137 cm³/mol. The lowest BCUT2D eigenvalue weighted by Gasteiger charge is -2.38. The summed E-state index contributed by atoms with van der Waals surface area (Å²) in [4.78, 5) is 30.3. The summed E-state index contributed by atoms with van der Waals surface area (Å²) >= 11 is 0. The van der Waals surface area contributed by atoms with Crippen molar-refractivity contribution in [2.24, 2.45) is 5.73 Å². The van der Waals surface area contributed by atoms with Crippen molar-refractivity contribution in [1.82, 2.24) is 0 Å². The van der Waals surface area contributed by atoms with Gasteiger partial charge in [0.25, 0.3) is 0 Å². The van der Waals surface area contributed by atoms with E-state index >= 15 is 0 Å². The van der Waals surface area contributed by atoms with Crippen LogP contribution in [0.5, 0.6) is 0 Å². The zero-order chi connectivity index (χ0) is 25.7. The van der Waals surface area contributed by atoms with Gasteiger partial charge in [-0.3, -0.25) is 4.90 Å². The Bertz CT molecular complexity index is 1240. The number of hydrogen-bond acceptors (Lipinski definition) is 8. The van der Waals surface area contributed by atoms with Gasteiger partial charge in [-0.2, -0.15) is 5.26 Å². The van der Waals surface area contributed by atoms with Crippen LogP contribution in [0.4, 0.5) is 11.4 Å². The van der Waals surface area contributed by atoms with Crippen molar-refractivity contribution in [3.63, 3.8) is 0 Å². The van der Waals surface area contributed by atoms with Gasteiger partial charge in [-0.05, 0) is 30.5 Å². The molecule has 0 amide bonds. The smallest absolute Gasteiger partial charge is 0.355 e. The monoisotopic (exact) mass is 486 g/mol. The molecule has 0 saturated carbocycles. The highest BCUT2D eigenvalue weighted by Gasteiger charge is 2.43. The summed E-state index contributed by atoms with van der Waals surface area (Å²) in [6.07, 6.45) is 4.40. The minimum Gasteiger partial charge on any atom is -0.466 e. The first-order valence-corrected chi connectivity index (χ1v) is 12.0. The summed E-state index contributed by atoms with van der Waals surface area (Å²) in [6, 6.07) is 18.8. The molecule has 1 unspecified atom stereocenters. The SMILES string of the molecule is COC(=O)C1=C(C(=O)OC)N(c2ccccc2N2CCCCCC2)C(N)=C(C#N)C1c1ccccc1. The van der Waals surface area contributed by atoms with Gasteiger partial charge in [-0.25, -0.2) is 9.59 Å². The molecule has 2 heterocycles. The third-order valence-corrected chi connectivity index (χ3v) is 6.68. The van der Waals surface area contributed by atoms with Crippen molar-refractivity contribution in [1.29, 1.82) is 5.26 Å². The highest BCUT2D eigenvalue weighted by atomic mass is 16.5. The van der Waals surface area contributed by atoms with Crippen LogP contribution in [0, 0.1) is 11.3 Å². The number of hydrogen-bond donors (Lipinski definition) is 1. The third-order valence-electron chi connectivity index (χ3n) is 6.68. The Balaban J connectivity index is 2.01. The van der Waals surface area contributed by atoms with Crippen LogP contribution >= 0.6 is 0 Å². The van der Waals surface area contributed by atoms with Crippen molar-refractivity contribution in [2.45, 2.75) is 31.6 Å². The predicted octanol–water partition coefficient (Wildman–Crippen LogP) is 3.96. The van der Waals surface area contributed by atoms with Gasteiger partial charge in [0.1, 0.15) is 11.5 Å². The third kappa shape index (κ3) is 4.52. The molecule has 0 aliphatic carbocycles. The molecule has 8 heteroatoms. The zero-order valence-electron chi connectivity index (χ0n) is 20.6. The van der Waals surface area contributed by atoms with Crippen molar-refractivity contribution >= 4 is 23.3 Å². The zero-order valence-corrected chi connectivity index (χ0v) is 20.6. The van der Waals surface area contributed by atoms with Crippen molar-refractivity contribution in [2.75, 3.05) is 37.1 Å². The van der Waals surface area contributed by atoms with E-state index in [9.17, 15) is 14.9 Å². The molecule has 4 rings (SSSR count). The first kappa shape index (κ1) is 24.9. The molecule has 1 atom stereocenters. The highest BCUT2D eigenvalue weighted by Crippen LogP contribution is 2.45. The Morgan fingerprint density at radius 3 is 2.06 bits per heavy atom. The first-order valence-electron chi connectivity index (χ1n) is 12.0. The van der Waals surface area contributed by atoms with Gasteiger partial charge in [-0.1, -0.05) is 55.3 Å². The van der Waals surface area contributed by atoms with Crippen LogP contribution in [-0.4, -0.2) is 39.2 Å². The van der Waals surface area contributed by atoms with Crippen LogP contribution in [0.25, 0.3) is 0 Å². The normalized spacial score (nSPS) is 18.4. The fraction of sp³-hybridized carbons (Fsp3) is 0.321. The number of rotatable bonds is 5. The van der Waals surface area contributed by atoms with E-state index in [0.29, 0.717) is 11.3 Å². The van der Waals surface area contributed by atoms with E-state index in [1.54, 1.807) is 24.3 Å². The molecule has 0 spiro atoms. The summed E-state index contributed by atoms with van der Waals surface area (Å²) in [6.45, 7) is 1.71. The van der Waals surface area contributed by atoms with Gasteiger partial charge in [-0.15, -0.1) is 0 Å². The highest BCUT2D eigenvalue weighted by molar-refractivity contribution is 6.07. The number of nitrogens with zero attached hydrogens (tertiary/aromatic N) is 3. The Kier molecular flexibility index (Phi) is 7.59. The van der Waals surface area contributed by atoms with E-state index < -0.39 is 17.9 Å². The number of nitriles is 1. The summed E-state index contributed by atoms with van der Waals surface area (Å²) < 4.78 is 10.3. The number of carbonyl (C=O) groups is 2. The molecule has 2 aromatic rings. The second kappa shape index (κ2) is 11.0. The largest absolute Gasteiger partial charge is 0.466 e. The number of para-hydroxylation sites is 2. The molecule has 0 aromatic heterocycles. The van der Waals surface area contributed by atoms with Crippen molar-refractivity contribution < 1.29 is 19.1 Å². The number of methoxy groups -OCH3 is 2. The molecule has 1 saturated heterocycles. The first-order chi connectivity index (χ1) is 17.5. The van der Waals surface area contributed by atoms with Gasteiger partial charge in [0.05, 0.1) is 48.7 Å². The molecule has 8 nitrogen and oxygen atoms in total. The lowest BCUT2D eigenvalue weighted by molar-refractivity contribution is -0.139. The standard InChI is InChI=1S/C28H30N4O4/c1-35-27(33)24-23(19-12-6-5-7-13-19)20(18-29)26(30)32(25(24)28(34)36-2)22-15-9-8-14-21(22)31-16-10-3-4-11-17-31/h5-9,12-15,23H,3-4,10-11,16-17,30H2,1-2H3. The Morgan fingerprint density at radius 1 is 0.889 bits per heavy atom. The summed E-state index contributed by atoms with van der Waals surface area (Å²) in [7, 11) is 2.50. The van der Waals surface area contributed by atoms with Crippen LogP contribution in [0.1, 0.15) is 37.2 Å². The average Bonchev–Trinajstić information content (AvgIpc) is 3.21. The Labute approximate surface area is 211 Å². The van der Waals surface area contributed by atoms with Gasteiger partial charge in [0.15, 0.2) is 0 Å². The maximum atomic E-state index is 13.3. The molecule has 2 N–H and O–H groups in total. The molecule has 1 fully saturated rings. The number of carbonyl (C=O) groups excluding carboxylic acids is 2. The summed E-state index contributed by atoms with van der Waals surface area (Å²) in [5, 5.41) is 10.3.